The molecule has 0 bridgehead atoms. The lowest BCUT2D eigenvalue weighted by molar-refractivity contribution is 0.0692. The summed E-state index contributed by atoms with van der Waals surface area (Å²) < 4.78 is 21.2. The van der Waals surface area contributed by atoms with Gasteiger partial charge in [-0.05, 0) is 64.8 Å². The van der Waals surface area contributed by atoms with Crippen LogP contribution in [-0.2, 0) is 0 Å². The van der Waals surface area contributed by atoms with E-state index in [1.54, 1.807) is 24.4 Å². The third kappa shape index (κ3) is 6.62. The van der Waals surface area contributed by atoms with Crippen molar-refractivity contribution in [1.29, 1.82) is 0 Å². The number of fused-ring (bicyclic) bond motifs is 1. The molecule has 2 aromatic heterocycles. The molecule has 1 unspecified atom stereocenters. The van der Waals surface area contributed by atoms with Crippen LogP contribution in [0, 0.1) is 12.7 Å². The number of nitrogens with one attached hydrogen (secondary N) is 4. The zero-order chi connectivity index (χ0) is 31.7. The number of pyridine rings is 2. The van der Waals surface area contributed by atoms with E-state index in [1.807, 2.05) is 13.8 Å². The summed E-state index contributed by atoms with van der Waals surface area (Å²) in [6.45, 7) is 14.9. The van der Waals surface area contributed by atoms with Crippen LogP contribution in [0.1, 0.15) is 49.5 Å². The fraction of sp³-hybridized carbons (Fsp3) is 0.485. The van der Waals surface area contributed by atoms with Crippen LogP contribution in [0.4, 0.5) is 32.8 Å². The summed E-state index contributed by atoms with van der Waals surface area (Å²) in [6, 6.07) is 7.42. The molecule has 11 nitrogen and oxygen atoms in total. The van der Waals surface area contributed by atoms with Gasteiger partial charge in [-0.25, -0.2) is 9.37 Å². The Hall–Kier alpha value is -4.16. The summed E-state index contributed by atoms with van der Waals surface area (Å²) in [5, 5.41) is 9.22. The van der Waals surface area contributed by atoms with Crippen LogP contribution in [0.2, 0.25) is 0 Å². The minimum absolute atomic E-state index is 0.00146. The highest BCUT2D eigenvalue weighted by Crippen LogP contribution is 2.35. The van der Waals surface area contributed by atoms with Crippen molar-refractivity contribution in [2.45, 2.75) is 58.7 Å². The van der Waals surface area contributed by atoms with Crippen LogP contribution in [0.15, 0.2) is 41.5 Å². The van der Waals surface area contributed by atoms with E-state index in [1.165, 1.54) is 12.3 Å². The average molecular weight is 619 g/mol. The number of piperidine rings is 1. The van der Waals surface area contributed by atoms with Gasteiger partial charge in [-0.2, -0.15) is 0 Å². The Labute approximate surface area is 263 Å². The van der Waals surface area contributed by atoms with Crippen LogP contribution < -0.4 is 31.1 Å². The zero-order valence-corrected chi connectivity index (χ0v) is 26.5. The van der Waals surface area contributed by atoms with Gasteiger partial charge in [0.1, 0.15) is 23.2 Å². The van der Waals surface area contributed by atoms with Crippen molar-refractivity contribution in [1.82, 2.24) is 19.8 Å². The van der Waals surface area contributed by atoms with Crippen molar-refractivity contribution in [3.8, 4) is 5.88 Å². The predicted molar refractivity (Wildman–Crippen MR) is 176 cm³/mol. The van der Waals surface area contributed by atoms with Crippen molar-refractivity contribution < 1.29 is 13.9 Å². The number of aromatic nitrogens is 2. The number of piperazine rings is 1. The summed E-state index contributed by atoms with van der Waals surface area (Å²) >= 11 is 0. The molecule has 3 aliphatic rings. The predicted octanol–water partition coefficient (Wildman–Crippen LogP) is 4.40. The number of carbonyl (C=O) groups is 1. The van der Waals surface area contributed by atoms with Crippen LogP contribution in [0.5, 0.6) is 5.88 Å². The highest BCUT2D eigenvalue weighted by molar-refractivity contribution is 6.08. The van der Waals surface area contributed by atoms with Crippen LogP contribution in [0.25, 0.3) is 0 Å². The Balaban J connectivity index is 1.10. The molecule has 4 N–H and O–H groups in total. The highest BCUT2D eigenvalue weighted by atomic mass is 19.1. The van der Waals surface area contributed by atoms with Crippen molar-refractivity contribution in [2.24, 2.45) is 0 Å². The molecule has 0 spiro atoms. The molecule has 3 aliphatic heterocycles. The second-order valence-corrected chi connectivity index (χ2v) is 12.5. The maximum absolute atomic E-state index is 15.4. The summed E-state index contributed by atoms with van der Waals surface area (Å²) in [6.07, 6.45) is 5.06. The van der Waals surface area contributed by atoms with Gasteiger partial charge in [0.05, 0.1) is 29.8 Å². The van der Waals surface area contributed by atoms with E-state index < -0.39 is 17.3 Å². The van der Waals surface area contributed by atoms with E-state index in [4.69, 9.17) is 4.74 Å². The van der Waals surface area contributed by atoms with Crippen LogP contribution in [-0.4, -0.2) is 89.7 Å². The molecule has 0 saturated carbocycles. The number of H-pyrrole nitrogens is 1. The number of benzene rings is 1. The van der Waals surface area contributed by atoms with Crippen molar-refractivity contribution >= 4 is 34.3 Å². The molecule has 45 heavy (non-hydrogen) atoms. The number of anilines is 5. The fourth-order valence-corrected chi connectivity index (χ4v) is 6.56. The van der Waals surface area contributed by atoms with Gasteiger partial charge in [-0.3, -0.25) is 19.4 Å². The number of ether oxygens (including phenoxy) is 1. The summed E-state index contributed by atoms with van der Waals surface area (Å²) in [4.78, 5) is 40.4. The number of carbonyl (C=O) groups excluding carboxylic acids is 1. The van der Waals surface area contributed by atoms with Gasteiger partial charge in [0.15, 0.2) is 0 Å². The summed E-state index contributed by atoms with van der Waals surface area (Å²) in [5.41, 5.74) is 2.64. The molecule has 5 heterocycles. The number of rotatable bonds is 7. The standard InChI is InChI=1S/C33H43FN8O3/c1-20(2)40-13-15-41(16-14-40)24-8-11-42(12-9-24)28-6-5-23(17-25(28)34)38-32(44)29-26(7-10-35-31(29)43)39-27-19-37-33-30(22(27)4)36-18-21(3)45-33/h5-7,10,17,19-21,24,36H,8-9,11-16,18H2,1-4H3,(H,38,44)(H2,35,39,43). The second kappa shape index (κ2) is 13.1. The molecular weight excluding hydrogens is 575 g/mol. The van der Waals surface area contributed by atoms with Gasteiger partial charge in [0.2, 0.25) is 5.88 Å². The Morgan fingerprint density at radius 2 is 1.84 bits per heavy atom. The summed E-state index contributed by atoms with van der Waals surface area (Å²) in [5.74, 6) is -0.545. The molecule has 1 aromatic carbocycles. The van der Waals surface area contributed by atoms with Gasteiger partial charge >= 0.3 is 0 Å². The molecule has 240 valence electrons. The molecule has 12 heteroatoms. The monoisotopic (exact) mass is 618 g/mol. The number of hydrogen-bond donors (Lipinski definition) is 4. The van der Waals surface area contributed by atoms with E-state index in [0.29, 0.717) is 41.6 Å². The number of aromatic amines is 1. The van der Waals surface area contributed by atoms with Gasteiger partial charge in [0.25, 0.3) is 11.5 Å². The van der Waals surface area contributed by atoms with Crippen LogP contribution in [0.3, 0.4) is 0 Å². The normalized spacial score (nSPS) is 19.5. The topological polar surface area (TPSA) is 118 Å². The minimum atomic E-state index is -0.649. The Morgan fingerprint density at radius 3 is 2.56 bits per heavy atom. The maximum atomic E-state index is 15.4. The summed E-state index contributed by atoms with van der Waals surface area (Å²) in [7, 11) is 0. The Bertz CT molecular complexity index is 1600. The van der Waals surface area contributed by atoms with Crippen molar-refractivity contribution in [3.05, 3.63) is 64.0 Å². The molecule has 6 rings (SSSR count). The smallest absolute Gasteiger partial charge is 0.263 e. The Morgan fingerprint density at radius 1 is 1.09 bits per heavy atom. The van der Waals surface area contributed by atoms with Gasteiger partial charge in [-0.15, -0.1) is 0 Å². The largest absolute Gasteiger partial charge is 0.471 e. The molecule has 2 fully saturated rings. The maximum Gasteiger partial charge on any atom is 0.263 e. The third-order valence-corrected chi connectivity index (χ3v) is 9.25. The van der Waals surface area contributed by atoms with E-state index in [-0.39, 0.29) is 17.4 Å². The first-order chi connectivity index (χ1) is 21.7. The molecular formula is C33H43FN8O3. The SMILES string of the molecule is Cc1c(Nc2cc[nH]c(=O)c2C(=O)Nc2ccc(N3CCC(N4CCN(C(C)C)CC4)CC3)c(F)c2)cnc2c1NCC(C)O2. The molecule has 1 amide bonds. The molecule has 2 saturated heterocycles. The van der Waals surface area contributed by atoms with Crippen molar-refractivity contribution in [2.75, 3.05) is 66.7 Å². The average Bonchev–Trinajstić information content (AvgIpc) is 3.02. The van der Waals surface area contributed by atoms with E-state index in [0.717, 1.165) is 63.4 Å². The first-order valence-corrected chi connectivity index (χ1v) is 15.9. The van der Waals surface area contributed by atoms with Gasteiger partial charge in [-0.1, -0.05) is 0 Å². The molecule has 0 aliphatic carbocycles. The number of nitrogens with zero attached hydrogens (tertiary/aromatic N) is 4. The number of hydrogen-bond acceptors (Lipinski definition) is 9. The van der Waals surface area contributed by atoms with E-state index in [9.17, 15) is 9.59 Å². The quantitative estimate of drug-likeness (QED) is 0.306. The first-order valence-electron chi connectivity index (χ1n) is 15.9. The number of amides is 1. The Kier molecular flexibility index (Phi) is 8.95. The first kappa shape index (κ1) is 30.8. The minimum Gasteiger partial charge on any atom is -0.471 e. The fourth-order valence-electron chi connectivity index (χ4n) is 6.56. The molecule has 1 atom stereocenters. The zero-order valence-electron chi connectivity index (χ0n) is 26.5. The molecule has 0 radical (unpaired) electrons. The van der Waals surface area contributed by atoms with Crippen LogP contribution >= 0.6 is 0 Å². The third-order valence-electron chi connectivity index (χ3n) is 9.25. The lowest BCUT2D eigenvalue weighted by atomic mass is 10.0. The van der Waals surface area contributed by atoms with E-state index in [2.05, 4.69) is 54.5 Å². The van der Waals surface area contributed by atoms with Gasteiger partial charge < -0.3 is 30.6 Å². The lowest BCUT2D eigenvalue weighted by Crippen LogP contribution is -2.54. The molecule has 3 aromatic rings. The number of halogens is 1. The van der Waals surface area contributed by atoms with Gasteiger partial charge in [0, 0.05) is 68.8 Å². The van der Waals surface area contributed by atoms with E-state index >= 15 is 4.39 Å². The van der Waals surface area contributed by atoms with Crippen molar-refractivity contribution in [3.63, 3.8) is 0 Å². The highest BCUT2D eigenvalue weighted by Gasteiger charge is 2.29. The second-order valence-electron chi connectivity index (χ2n) is 12.5. The lowest BCUT2D eigenvalue weighted by Gasteiger charge is -2.44.